The van der Waals surface area contributed by atoms with Crippen LogP contribution in [0.2, 0.25) is 5.02 Å². The molecule has 2 nitrogen and oxygen atoms in total. The number of hydrogen-bond acceptors (Lipinski definition) is 2. The van der Waals surface area contributed by atoms with Gasteiger partial charge in [0.25, 0.3) is 0 Å². The van der Waals surface area contributed by atoms with Gasteiger partial charge in [-0.05, 0) is 52.5 Å². The van der Waals surface area contributed by atoms with Gasteiger partial charge in [-0.2, -0.15) is 0 Å². The fraction of sp³-hybridized carbons (Fsp3) is 0.200. The van der Waals surface area contributed by atoms with Crippen LogP contribution in [-0.4, -0.2) is 0 Å². The number of nitrogens with one attached hydrogen (secondary N) is 1. The molecule has 0 amide bonds. The van der Waals surface area contributed by atoms with Crippen LogP contribution in [0.25, 0.3) is 0 Å². The number of nitrogens with two attached hydrogens (primary N) is 1. The summed E-state index contributed by atoms with van der Waals surface area (Å²) in [7, 11) is 0. The van der Waals surface area contributed by atoms with Crippen molar-refractivity contribution < 1.29 is 0 Å². The molecule has 0 saturated heterocycles. The summed E-state index contributed by atoms with van der Waals surface area (Å²) in [5.41, 5.74) is 6.49. The van der Waals surface area contributed by atoms with Crippen molar-refractivity contribution >= 4 is 27.5 Å². The highest BCUT2D eigenvalue weighted by Gasteiger charge is 2.12. The lowest BCUT2D eigenvalue weighted by Gasteiger charge is -2.17. The quantitative estimate of drug-likeness (QED) is 0.648. The van der Waals surface area contributed by atoms with E-state index in [0.29, 0.717) is 5.02 Å². The number of hydrogen-bond donors (Lipinski definition) is 2. The fourth-order valence-electron chi connectivity index (χ4n) is 2.08. The zero-order valence-electron chi connectivity index (χ0n) is 10.7. The van der Waals surface area contributed by atoms with Crippen molar-refractivity contribution in [2.45, 2.75) is 19.4 Å². The lowest BCUT2D eigenvalue weighted by Crippen LogP contribution is -2.29. The minimum absolute atomic E-state index is 0.0652. The van der Waals surface area contributed by atoms with Crippen LogP contribution in [0.1, 0.15) is 22.7 Å². The molecule has 0 spiro atoms. The maximum atomic E-state index is 6.01. The Morgan fingerprint density at radius 1 is 1.26 bits per heavy atom. The van der Waals surface area contributed by atoms with Crippen molar-refractivity contribution in [1.82, 2.24) is 5.43 Å². The van der Waals surface area contributed by atoms with Crippen LogP contribution in [-0.2, 0) is 6.42 Å². The van der Waals surface area contributed by atoms with Gasteiger partial charge in [-0.3, -0.25) is 11.3 Å². The Morgan fingerprint density at radius 3 is 2.68 bits per heavy atom. The molecular formula is C15H16BrClN2. The molecule has 2 aromatic carbocycles. The Hall–Kier alpha value is -0.870. The van der Waals surface area contributed by atoms with Crippen molar-refractivity contribution in [2.24, 2.45) is 5.84 Å². The van der Waals surface area contributed by atoms with Crippen molar-refractivity contribution in [2.75, 3.05) is 0 Å². The monoisotopic (exact) mass is 338 g/mol. The Bertz CT molecular complexity index is 572. The van der Waals surface area contributed by atoms with Crippen LogP contribution in [0.15, 0.2) is 46.9 Å². The molecular weight excluding hydrogens is 324 g/mol. The first-order valence-electron chi connectivity index (χ1n) is 6.07. The molecule has 0 bridgehead atoms. The molecule has 1 atom stereocenters. The van der Waals surface area contributed by atoms with Gasteiger partial charge >= 0.3 is 0 Å². The number of aryl methyl sites for hydroxylation is 1. The van der Waals surface area contributed by atoms with Gasteiger partial charge in [0.15, 0.2) is 0 Å². The third-order valence-corrected chi connectivity index (χ3v) is 4.28. The largest absolute Gasteiger partial charge is 0.271 e. The topological polar surface area (TPSA) is 38.0 Å². The molecule has 0 aliphatic carbocycles. The highest BCUT2D eigenvalue weighted by molar-refractivity contribution is 9.10. The fourth-order valence-corrected chi connectivity index (χ4v) is 2.59. The van der Waals surface area contributed by atoms with Crippen LogP contribution in [0.5, 0.6) is 0 Å². The summed E-state index contributed by atoms with van der Waals surface area (Å²) in [5.74, 6) is 5.68. The lowest BCUT2D eigenvalue weighted by atomic mass is 9.98. The van der Waals surface area contributed by atoms with E-state index in [0.717, 1.165) is 16.5 Å². The molecule has 100 valence electrons. The van der Waals surface area contributed by atoms with Gasteiger partial charge in [0, 0.05) is 4.47 Å². The maximum absolute atomic E-state index is 6.01. The van der Waals surface area contributed by atoms with E-state index < -0.39 is 0 Å². The molecule has 0 heterocycles. The molecule has 2 rings (SSSR count). The predicted molar refractivity (Wildman–Crippen MR) is 84.1 cm³/mol. The molecule has 4 heteroatoms. The molecule has 1 unspecified atom stereocenters. The second kappa shape index (κ2) is 6.53. The molecule has 0 fully saturated rings. The average Bonchev–Trinajstić information content (AvgIpc) is 2.39. The summed E-state index contributed by atoms with van der Waals surface area (Å²) in [6, 6.07) is 14.4. The number of benzene rings is 2. The van der Waals surface area contributed by atoms with Crippen molar-refractivity contribution in [3.8, 4) is 0 Å². The molecule has 0 aliphatic heterocycles. The smallest absolute Gasteiger partial charge is 0.0548 e. The summed E-state index contributed by atoms with van der Waals surface area (Å²) in [6.45, 7) is 2.09. The third-order valence-electron chi connectivity index (χ3n) is 3.07. The molecule has 0 radical (unpaired) electrons. The Kier molecular flexibility index (Phi) is 4.99. The SMILES string of the molecule is Cc1cccc(CC(NN)c2ccc(Cl)c(Br)c2)c1. The van der Waals surface area contributed by atoms with Gasteiger partial charge < -0.3 is 0 Å². The summed E-state index contributed by atoms with van der Waals surface area (Å²) in [6.07, 6.45) is 0.840. The van der Waals surface area contributed by atoms with Crippen LogP contribution in [0.4, 0.5) is 0 Å². The van der Waals surface area contributed by atoms with E-state index in [9.17, 15) is 0 Å². The second-order valence-electron chi connectivity index (χ2n) is 4.59. The maximum Gasteiger partial charge on any atom is 0.0548 e. The summed E-state index contributed by atoms with van der Waals surface area (Å²) >= 11 is 9.45. The summed E-state index contributed by atoms with van der Waals surface area (Å²) in [4.78, 5) is 0. The minimum Gasteiger partial charge on any atom is -0.271 e. The molecule has 3 N–H and O–H groups in total. The van der Waals surface area contributed by atoms with Crippen molar-refractivity contribution in [3.63, 3.8) is 0 Å². The molecule has 0 saturated carbocycles. The Labute approximate surface area is 127 Å². The van der Waals surface area contributed by atoms with Gasteiger partial charge in [0.2, 0.25) is 0 Å². The third kappa shape index (κ3) is 3.80. The molecule has 0 aliphatic rings. The Balaban J connectivity index is 2.22. The van der Waals surface area contributed by atoms with Crippen LogP contribution in [0, 0.1) is 6.92 Å². The van der Waals surface area contributed by atoms with E-state index in [1.165, 1.54) is 11.1 Å². The molecule has 0 aromatic heterocycles. The van der Waals surface area contributed by atoms with E-state index in [1.54, 1.807) is 0 Å². The van der Waals surface area contributed by atoms with Crippen LogP contribution in [0.3, 0.4) is 0 Å². The van der Waals surface area contributed by atoms with E-state index in [2.05, 4.69) is 52.5 Å². The second-order valence-corrected chi connectivity index (χ2v) is 5.85. The van der Waals surface area contributed by atoms with Gasteiger partial charge in [-0.25, -0.2) is 0 Å². The van der Waals surface area contributed by atoms with Crippen LogP contribution < -0.4 is 11.3 Å². The first-order chi connectivity index (χ1) is 9.10. The molecule has 2 aromatic rings. The van der Waals surface area contributed by atoms with E-state index in [4.69, 9.17) is 17.4 Å². The number of hydrazine groups is 1. The van der Waals surface area contributed by atoms with Gasteiger partial charge in [0.05, 0.1) is 11.1 Å². The first-order valence-corrected chi connectivity index (χ1v) is 7.24. The van der Waals surface area contributed by atoms with E-state index >= 15 is 0 Å². The number of halogens is 2. The number of rotatable bonds is 4. The highest BCUT2D eigenvalue weighted by Crippen LogP contribution is 2.27. The van der Waals surface area contributed by atoms with Crippen molar-refractivity contribution in [1.29, 1.82) is 0 Å². The Morgan fingerprint density at radius 2 is 2.05 bits per heavy atom. The predicted octanol–water partition coefficient (Wildman–Crippen LogP) is 4.16. The summed E-state index contributed by atoms with van der Waals surface area (Å²) in [5, 5.41) is 0.704. The molecule has 19 heavy (non-hydrogen) atoms. The minimum atomic E-state index is 0.0652. The summed E-state index contributed by atoms with van der Waals surface area (Å²) < 4.78 is 0.885. The van der Waals surface area contributed by atoms with E-state index in [1.807, 2.05) is 18.2 Å². The standard InChI is InChI=1S/C15H16BrClN2/c1-10-3-2-4-11(7-10)8-15(19-18)12-5-6-14(17)13(16)9-12/h2-7,9,15,19H,8,18H2,1H3. The zero-order valence-corrected chi connectivity index (χ0v) is 13.0. The van der Waals surface area contributed by atoms with Gasteiger partial charge in [-0.1, -0.05) is 47.5 Å². The zero-order chi connectivity index (χ0) is 13.8. The first kappa shape index (κ1) is 14.5. The van der Waals surface area contributed by atoms with E-state index in [-0.39, 0.29) is 6.04 Å². The highest BCUT2D eigenvalue weighted by atomic mass is 79.9. The van der Waals surface area contributed by atoms with Crippen molar-refractivity contribution in [3.05, 3.63) is 68.7 Å². The normalized spacial score (nSPS) is 12.4. The lowest BCUT2D eigenvalue weighted by molar-refractivity contribution is 0.551. The van der Waals surface area contributed by atoms with Crippen LogP contribution >= 0.6 is 27.5 Å². The average molecular weight is 340 g/mol. The van der Waals surface area contributed by atoms with Gasteiger partial charge in [-0.15, -0.1) is 0 Å². The van der Waals surface area contributed by atoms with Gasteiger partial charge in [0.1, 0.15) is 0 Å².